The Bertz CT molecular complexity index is 729. The van der Waals surface area contributed by atoms with Crippen molar-refractivity contribution >= 4 is 35.1 Å². The highest BCUT2D eigenvalue weighted by molar-refractivity contribution is 7.99. The number of hydrogen-bond donors (Lipinski definition) is 0. The van der Waals surface area contributed by atoms with Crippen LogP contribution >= 0.6 is 23.1 Å². The molecule has 0 spiro atoms. The summed E-state index contributed by atoms with van der Waals surface area (Å²) in [5, 5.41) is 11.1. The van der Waals surface area contributed by atoms with Crippen LogP contribution in [0.5, 0.6) is 0 Å². The molecule has 1 fully saturated rings. The molecule has 7 nitrogen and oxygen atoms in total. The van der Waals surface area contributed by atoms with Gasteiger partial charge in [0.25, 0.3) is 0 Å². The van der Waals surface area contributed by atoms with E-state index in [9.17, 15) is 9.59 Å². The number of thiophene rings is 1. The van der Waals surface area contributed by atoms with Crippen molar-refractivity contribution < 1.29 is 14.3 Å². The quantitative estimate of drug-likeness (QED) is 0.728. The highest BCUT2D eigenvalue weighted by Gasteiger charge is 2.24. The molecule has 138 valence electrons. The second-order valence-electron chi connectivity index (χ2n) is 5.59. The van der Waals surface area contributed by atoms with E-state index in [1.807, 2.05) is 29.6 Å². The number of thioether (sulfide) groups is 1. The van der Waals surface area contributed by atoms with Gasteiger partial charge in [-0.25, -0.2) is 4.79 Å². The number of nitrogens with zero attached hydrogens (tertiary/aromatic N) is 4. The highest BCUT2D eigenvalue weighted by Crippen LogP contribution is 2.23. The van der Waals surface area contributed by atoms with Crippen molar-refractivity contribution in [3.63, 3.8) is 0 Å². The summed E-state index contributed by atoms with van der Waals surface area (Å²) in [6.07, 6.45) is -0.310. The predicted octanol–water partition coefficient (Wildman–Crippen LogP) is 2.60. The standard InChI is InChI=1S/C17H20N4O3S2/c1-2-24-17(23)21-9-7-20(8-10-21)16(22)12-26-15-6-5-13(18-19-15)14-4-3-11-25-14/h3-6,11H,2,7-10,12H2,1H3. The van der Waals surface area contributed by atoms with Crippen molar-refractivity contribution in [1.29, 1.82) is 0 Å². The number of rotatable bonds is 5. The molecule has 0 atom stereocenters. The number of carbonyl (C=O) groups excluding carboxylic acids is 2. The molecule has 0 bridgehead atoms. The van der Waals surface area contributed by atoms with Crippen molar-refractivity contribution in [2.75, 3.05) is 38.5 Å². The maximum Gasteiger partial charge on any atom is 0.409 e. The number of carbonyl (C=O) groups is 2. The maximum atomic E-state index is 12.4. The molecule has 3 rings (SSSR count). The average Bonchev–Trinajstić information content (AvgIpc) is 3.21. The van der Waals surface area contributed by atoms with Gasteiger partial charge in [-0.2, -0.15) is 0 Å². The van der Waals surface area contributed by atoms with Crippen molar-refractivity contribution in [2.24, 2.45) is 0 Å². The van der Waals surface area contributed by atoms with Gasteiger partial charge in [0.15, 0.2) is 0 Å². The molecular weight excluding hydrogens is 372 g/mol. The van der Waals surface area contributed by atoms with Crippen molar-refractivity contribution in [3.8, 4) is 10.6 Å². The second-order valence-corrected chi connectivity index (χ2v) is 7.53. The predicted molar refractivity (Wildman–Crippen MR) is 101 cm³/mol. The lowest BCUT2D eigenvalue weighted by Crippen LogP contribution is -2.51. The molecule has 0 saturated carbocycles. The Morgan fingerprint density at radius 1 is 1.15 bits per heavy atom. The number of ether oxygens (including phenoxy) is 1. The SMILES string of the molecule is CCOC(=O)N1CCN(C(=O)CSc2ccc(-c3cccs3)nn2)CC1. The zero-order chi connectivity index (χ0) is 18.4. The average molecular weight is 393 g/mol. The Kier molecular flexibility index (Phi) is 6.45. The maximum absolute atomic E-state index is 12.4. The molecule has 0 aliphatic carbocycles. The normalized spacial score (nSPS) is 14.3. The minimum atomic E-state index is -0.310. The fraction of sp³-hybridized carbons (Fsp3) is 0.412. The van der Waals surface area contributed by atoms with E-state index in [2.05, 4.69) is 10.2 Å². The lowest BCUT2D eigenvalue weighted by molar-refractivity contribution is -0.129. The van der Waals surface area contributed by atoms with E-state index in [1.54, 1.807) is 28.1 Å². The summed E-state index contributed by atoms with van der Waals surface area (Å²) in [7, 11) is 0. The van der Waals surface area contributed by atoms with Crippen LogP contribution in [0, 0.1) is 0 Å². The molecule has 9 heteroatoms. The highest BCUT2D eigenvalue weighted by atomic mass is 32.2. The van der Waals surface area contributed by atoms with Gasteiger partial charge in [0.05, 0.1) is 17.2 Å². The molecule has 2 aromatic heterocycles. The Morgan fingerprint density at radius 3 is 2.54 bits per heavy atom. The van der Waals surface area contributed by atoms with Gasteiger partial charge in [-0.05, 0) is 30.5 Å². The molecule has 2 amide bonds. The molecule has 3 heterocycles. The molecule has 0 aromatic carbocycles. The van der Waals surface area contributed by atoms with Crippen LogP contribution in [0.3, 0.4) is 0 Å². The summed E-state index contributed by atoms with van der Waals surface area (Å²) < 4.78 is 4.98. The van der Waals surface area contributed by atoms with Crippen LogP contribution in [0.4, 0.5) is 4.79 Å². The Balaban J connectivity index is 1.45. The number of hydrogen-bond acceptors (Lipinski definition) is 7. The van der Waals surface area contributed by atoms with E-state index in [1.165, 1.54) is 11.8 Å². The van der Waals surface area contributed by atoms with E-state index < -0.39 is 0 Å². The van der Waals surface area contributed by atoms with Gasteiger partial charge >= 0.3 is 6.09 Å². The fourth-order valence-electron chi connectivity index (χ4n) is 2.53. The summed E-state index contributed by atoms with van der Waals surface area (Å²) >= 11 is 2.99. The Morgan fingerprint density at radius 2 is 1.92 bits per heavy atom. The van der Waals surface area contributed by atoms with E-state index >= 15 is 0 Å². The molecule has 26 heavy (non-hydrogen) atoms. The first-order valence-corrected chi connectivity index (χ1v) is 10.2. The molecule has 0 N–H and O–H groups in total. The van der Waals surface area contributed by atoms with Gasteiger partial charge < -0.3 is 14.5 Å². The van der Waals surface area contributed by atoms with Crippen molar-refractivity contribution in [2.45, 2.75) is 11.9 Å². The largest absolute Gasteiger partial charge is 0.450 e. The minimum absolute atomic E-state index is 0.0441. The van der Waals surface area contributed by atoms with Gasteiger partial charge in [0.1, 0.15) is 10.7 Å². The van der Waals surface area contributed by atoms with Crippen molar-refractivity contribution in [3.05, 3.63) is 29.6 Å². The molecule has 1 saturated heterocycles. The topological polar surface area (TPSA) is 75.6 Å². The van der Waals surface area contributed by atoms with E-state index in [-0.39, 0.29) is 12.0 Å². The minimum Gasteiger partial charge on any atom is -0.450 e. The van der Waals surface area contributed by atoms with Crippen molar-refractivity contribution in [1.82, 2.24) is 20.0 Å². The van der Waals surface area contributed by atoms with Gasteiger partial charge in [-0.3, -0.25) is 4.79 Å². The number of piperazine rings is 1. The molecule has 0 unspecified atom stereocenters. The third-order valence-electron chi connectivity index (χ3n) is 3.92. The van der Waals surface area contributed by atoms with Crippen LogP contribution in [0.2, 0.25) is 0 Å². The summed E-state index contributed by atoms with van der Waals surface area (Å²) in [5.41, 5.74) is 0.839. The van der Waals surface area contributed by atoms with Gasteiger partial charge in [-0.1, -0.05) is 17.8 Å². The lowest BCUT2D eigenvalue weighted by atomic mass is 10.3. The summed E-state index contributed by atoms with van der Waals surface area (Å²) in [4.78, 5) is 28.5. The number of aromatic nitrogens is 2. The molecule has 0 radical (unpaired) electrons. The molecular formula is C17H20N4O3S2. The first-order valence-electron chi connectivity index (χ1n) is 8.37. The third-order valence-corrected chi connectivity index (χ3v) is 5.71. The third kappa shape index (κ3) is 4.73. The fourth-order valence-corrected chi connectivity index (χ4v) is 3.94. The zero-order valence-electron chi connectivity index (χ0n) is 14.5. The van der Waals surface area contributed by atoms with Crippen LogP contribution in [-0.4, -0.2) is 70.5 Å². The summed E-state index contributed by atoms with van der Waals surface area (Å²) in [6, 6.07) is 7.79. The molecule has 1 aliphatic heterocycles. The van der Waals surface area contributed by atoms with Gasteiger partial charge in [0, 0.05) is 26.2 Å². The zero-order valence-corrected chi connectivity index (χ0v) is 16.1. The lowest BCUT2D eigenvalue weighted by Gasteiger charge is -2.34. The summed E-state index contributed by atoms with van der Waals surface area (Å²) in [6.45, 7) is 4.21. The van der Waals surface area contributed by atoms with E-state index in [0.717, 1.165) is 15.6 Å². The van der Waals surface area contributed by atoms with Gasteiger partial charge in [-0.15, -0.1) is 21.5 Å². The van der Waals surface area contributed by atoms with Crippen LogP contribution in [0.25, 0.3) is 10.6 Å². The first kappa shape index (κ1) is 18.7. The van der Waals surface area contributed by atoms with Crippen LogP contribution in [0.15, 0.2) is 34.7 Å². The smallest absolute Gasteiger partial charge is 0.409 e. The molecule has 2 aromatic rings. The number of amides is 2. The van der Waals surface area contributed by atoms with Gasteiger partial charge in [0.2, 0.25) is 5.91 Å². The first-order chi connectivity index (χ1) is 12.7. The monoisotopic (exact) mass is 392 g/mol. The Labute approximate surface area is 160 Å². The second kappa shape index (κ2) is 9.00. The summed E-state index contributed by atoms with van der Waals surface area (Å²) in [5.74, 6) is 0.356. The van der Waals surface area contributed by atoms with Crippen LogP contribution in [-0.2, 0) is 9.53 Å². The molecule has 1 aliphatic rings. The Hall–Kier alpha value is -2.13. The van der Waals surface area contributed by atoms with E-state index in [0.29, 0.717) is 38.5 Å². The van der Waals surface area contributed by atoms with Crippen LogP contribution in [0.1, 0.15) is 6.92 Å². The van der Waals surface area contributed by atoms with Crippen LogP contribution < -0.4 is 0 Å². The van der Waals surface area contributed by atoms with E-state index in [4.69, 9.17) is 4.74 Å².